The third kappa shape index (κ3) is 3.53. The first-order valence-corrected chi connectivity index (χ1v) is 6.93. The van der Waals surface area contributed by atoms with Gasteiger partial charge in [-0.3, -0.25) is 0 Å². The van der Waals surface area contributed by atoms with Gasteiger partial charge in [-0.05, 0) is 45.7 Å². The van der Waals surface area contributed by atoms with Crippen LogP contribution in [0.15, 0.2) is 18.2 Å². The number of benzene rings is 1. The van der Waals surface area contributed by atoms with Gasteiger partial charge >= 0.3 is 0 Å². The van der Waals surface area contributed by atoms with E-state index in [-0.39, 0.29) is 11.7 Å². The van der Waals surface area contributed by atoms with Gasteiger partial charge in [-0.25, -0.2) is 0 Å². The first-order chi connectivity index (χ1) is 9.00. The van der Waals surface area contributed by atoms with Crippen molar-refractivity contribution in [2.45, 2.75) is 45.3 Å². The zero-order valence-electron chi connectivity index (χ0n) is 12.0. The Morgan fingerprint density at radius 1 is 1.47 bits per heavy atom. The SMILES string of the molecule is CC(C)Oc1cccc(NCC2(C)CCCO2)c1N. The fourth-order valence-electron chi connectivity index (χ4n) is 2.31. The predicted molar refractivity (Wildman–Crippen MR) is 78.7 cm³/mol. The molecule has 1 aliphatic rings. The molecule has 1 aromatic rings. The summed E-state index contributed by atoms with van der Waals surface area (Å²) in [5.74, 6) is 0.734. The van der Waals surface area contributed by atoms with E-state index < -0.39 is 0 Å². The largest absolute Gasteiger partial charge is 0.489 e. The second-order valence-electron chi connectivity index (χ2n) is 5.64. The van der Waals surface area contributed by atoms with Crippen molar-refractivity contribution in [1.82, 2.24) is 0 Å². The highest BCUT2D eigenvalue weighted by Gasteiger charge is 2.29. The van der Waals surface area contributed by atoms with Crippen LogP contribution in [0.2, 0.25) is 0 Å². The van der Waals surface area contributed by atoms with Crippen molar-refractivity contribution >= 4 is 11.4 Å². The predicted octanol–water partition coefficient (Wildman–Crippen LogP) is 3.04. The van der Waals surface area contributed by atoms with E-state index in [0.717, 1.165) is 37.4 Å². The summed E-state index contributed by atoms with van der Waals surface area (Å²) in [6.45, 7) is 7.74. The quantitative estimate of drug-likeness (QED) is 0.803. The lowest BCUT2D eigenvalue weighted by Gasteiger charge is -2.25. The number of nitrogens with one attached hydrogen (secondary N) is 1. The molecule has 1 saturated heterocycles. The van der Waals surface area contributed by atoms with E-state index in [4.69, 9.17) is 15.2 Å². The van der Waals surface area contributed by atoms with Crippen molar-refractivity contribution < 1.29 is 9.47 Å². The summed E-state index contributed by atoms with van der Waals surface area (Å²) < 4.78 is 11.4. The summed E-state index contributed by atoms with van der Waals surface area (Å²) in [5, 5.41) is 3.38. The van der Waals surface area contributed by atoms with Gasteiger partial charge in [-0.15, -0.1) is 0 Å². The van der Waals surface area contributed by atoms with Gasteiger partial charge in [0, 0.05) is 13.2 Å². The van der Waals surface area contributed by atoms with Crippen LogP contribution < -0.4 is 15.8 Å². The monoisotopic (exact) mass is 264 g/mol. The molecule has 0 amide bonds. The molecule has 2 rings (SSSR count). The van der Waals surface area contributed by atoms with E-state index in [9.17, 15) is 0 Å². The van der Waals surface area contributed by atoms with Gasteiger partial charge in [0.2, 0.25) is 0 Å². The lowest BCUT2D eigenvalue weighted by atomic mass is 10.0. The van der Waals surface area contributed by atoms with Crippen LogP contribution in [-0.2, 0) is 4.74 Å². The highest BCUT2D eigenvalue weighted by atomic mass is 16.5. The fourth-order valence-corrected chi connectivity index (χ4v) is 2.31. The summed E-state index contributed by atoms with van der Waals surface area (Å²) in [6.07, 6.45) is 2.33. The van der Waals surface area contributed by atoms with Gasteiger partial charge in [0.1, 0.15) is 5.75 Å². The normalized spacial score (nSPS) is 22.7. The van der Waals surface area contributed by atoms with Gasteiger partial charge in [-0.1, -0.05) is 6.07 Å². The highest BCUT2D eigenvalue weighted by Crippen LogP contribution is 2.32. The van der Waals surface area contributed by atoms with Crippen molar-refractivity contribution in [1.29, 1.82) is 0 Å². The van der Waals surface area contributed by atoms with Crippen LogP contribution in [0, 0.1) is 0 Å². The van der Waals surface area contributed by atoms with Crippen molar-refractivity contribution in [3.63, 3.8) is 0 Å². The molecule has 3 N–H and O–H groups in total. The minimum absolute atomic E-state index is 0.0820. The third-order valence-corrected chi connectivity index (χ3v) is 3.38. The Morgan fingerprint density at radius 2 is 2.26 bits per heavy atom. The van der Waals surface area contributed by atoms with Gasteiger partial charge in [0.25, 0.3) is 0 Å². The molecule has 106 valence electrons. The molecule has 1 aliphatic heterocycles. The van der Waals surface area contributed by atoms with Crippen molar-refractivity contribution in [2.75, 3.05) is 24.2 Å². The summed E-state index contributed by atoms with van der Waals surface area (Å²) >= 11 is 0. The zero-order chi connectivity index (χ0) is 13.9. The average Bonchev–Trinajstić information content (AvgIpc) is 2.77. The molecule has 1 aromatic carbocycles. The molecule has 0 aliphatic carbocycles. The van der Waals surface area contributed by atoms with Gasteiger partial charge in [0.15, 0.2) is 0 Å². The summed E-state index contributed by atoms with van der Waals surface area (Å²) in [6, 6.07) is 5.82. The number of nitrogen functional groups attached to an aromatic ring is 1. The lowest BCUT2D eigenvalue weighted by Crippen LogP contribution is -2.32. The number of ether oxygens (including phenoxy) is 2. The Hall–Kier alpha value is -1.42. The maximum atomic E-state index is 6.13. The second-order valence-corrected chi connectivity index (χ2v) is 5.64. The van der Waals surface area contributed by atoms with E-state index in [0.29, 0.717) is 5.69 Å². The van der Waals surface area contributed by atoms with E-state index in [2.05, 4.69) is 12.2 Å². The molecule has 1 fully saturated rings. The van der Waals surface area contributed by atoms with E-state index in [1.807, 2.05) is 32.0 Å². The lowest BCUT2D eigenvalue weighted by molar-refractivity contribution is 0.0315. The number of hydrogen-bond donors (Lipinski definition) is 2. The molecule has 4 heteroatoms. The van der Waals surface area contributed by atoms with E-state index >= 15 is 0 Å². The minimum atomic E-state index is -0.0820. The number of rotatable bonds is 5. The molecular weight excluding hydrogens is 240 g/mol. The molecule has 0 bridgehead atoms. The van der Waals surface area contributed by atoms with Crippen LogP contribution in [0.4, 0.5) is 11.4 Å². The Kier molecular flexibility index (Phi) is 4.20. The molecule has 1 unspecified atom stereocenters. The second kappa shape index (κ2) is 5.70. The fraction of sp³-hybridized carbons (Fsp3) is 0.600. The van der Waals surface area contributed by atoms with Gasteiger partial charge in [-0.2, -0.15) is 0 Å². The molecular formula is C15H24N2O2. The van der Waals surface area contributed by atoms with Crippen LogP contribution in [-0.4, -0.2) is 24.9 Å². The molecule has 0 aromatic heterocycles. The molecule has 1 atom stereocenters. The summed E-state index contributed by atoms with van der Waals surface area (Å²) in [4.78, 5) is 0. The van der Waals surface area contributed by atoms with E-state index in [1.54, 1.807) is 0 Å². The van der Waals surface area contributed by atoms with E-state index in [1.165, 1.54) is 0 Å². The first kappa shape index (κ1) is 14.0. The summed E-state index contributed by atoms with van der Waals surface area (Å²) in [5.41, 5.74) is 7.63. The van der Waals surface area contributed by atoms with Crippen molar-refractivity contribution in [3.8, 4) is 5.75 Å². The highest BCUT2D eigenvalue weighted by molar-refractivity contribution is 5.73. The number of nitrogens with two attached hydrogens (primary N) is 1. The van der Waals surface area contributed by atoms with Crippen LogP contribution in [0.5, 0.6) is 5.75 Å². The van der Waals surface area contributed by atoms with Gasteiger partial charge in [0.05, 0.1) is 23.1 Å². The van der Waals surface area contributed by atoms with Crippen molar-refractivity contribution in [3.05, 3.63) is 18.2 Å². The van der Waals surface area contributed by atoms with Crippen molar-refractivity contribution in [2.24, 2.45) is 0 Å². The average molecular weight is 264 g/mol. The topological polar surface area (TPSA) is 56.5 Å². The molecule has 4 nitrogen and oxygen atoms in total. The maximum Gasteiger partial charge on any atom is 0.144 e. The Bertz CT molecular complexity index is 426. The number of anilines is 2. The summed E-state index contributed by atoms with van der Waals surface area (Å²) in [7, 11) is 0. The maximum absolute atomic E-state index is 6.13. The molecule has 0 radical (unpaired) electrons. The Labute approximate surface area is 115 Å². The van der Waals surface area contributed by atoms with Crippen LogP contribution >= 0.6 is 0 Å². The standard InChI is InChI=1S/C15H24N2O2/c1-11(2)19-13-7-4-6-12(14(13)16)17-10-15(3)8-5-9-18-15/h4,6-7,11,17H,5,8-10,16H2,1-3H3. The molecule has 1 heterocycles. The molecule has 19 heavy (non-hydrogen) atoms. The zero-order valence-corrected chi connectivity index (χ0v) is 12.0. The Morgan fingerprint density at radius 3 is 2.89 bits per heavy atom. The molecule has 0 saturated carbocycles. The minimum Gasteiger partial charge on any atom is -0.489 e. The van der Waals surface area contributed by atoms with Crippen LogP contribution in [0.3, 0.4) is 0 Å². The number of para-hydroxylation sites is 1. The molecule has 0 spiro atoms. The first-order valence-electron chi connectivity index (χ1n) is 6.93. The van der Waals surface area contributed by atoms with Gasteiger partial charge < -0.3 is 20.5 Å². The van der Waals surface area contributed by atoms with Crippen LogP contribution in [0.25, 0.3) is 0 Å². The number of hydrogen-bond acceptors (Lipinski definition) is 4. The third-order valence-electron chi connectivity index (χ3n) is 3.38. The smallest absolute Gasteiger partial charge is 0.144 e. The van der Waals surface area contributed by atoms with Crippen LogP contribution in [0.1, 0.15) is 33.6 Å². The Balaban J connectivity index is 2.04.